The molecule has 0 unspecified atom stereocenters. The van der Waals surface area contributed by atoms with Crippen molar-refractivity contribution >= 4 is 40.6 Å². The first-order valence-electron chi connectivity index (χ1n) is 6.17. The van der Waals surface area contributed by atoms with Gasteiger partial charge in [0.15, 0.2) is 0 Å². The maximum Gasteiger partial charge on any atom is 0.289 e. The van der Waals surface area contributed by atoms with Gasteiger partial charge in [-0.3, -0.25) is 14.9 Å². The van der Waals surface area contributed by atoms with Crippen molar-refractivity contribution in [3.8, 4) is 0 Å². The zero-order chi connectivity index (χ0) is 16.3. The van der Waals surface area contributed by atoms with Crippen LogP contribution in [-0.4, -0.2) is 21.6 Å². The first-order chi connectivity index (χ1) is 10.4. The number of carbonyl (C=O) groups is 1. The van der Waals surface area contributed by atoms with Crippen molar-refractivity contribution in [1.82, 2.24) is 4.98 Å². The highest BCUT2D eigenvalue weighted by Crippen LogP contribution is 2.27. The van der Waals surface area contributed by atoms with Crippen molar-refractivity contribution in [2.45, 2.75) is 19.1 Å². The molecule has 1 aromatic heterocycles. The lowest BCUT2D eigenvalue weighted by Gasteiger charge is -2.04. The van der Waals surface area contributed by atoms with Gasteiger partial charge in [-0.25, -0.2) is 4.98 Å². The van der Waals surface area contributed by atoms with Crippen LogP contribution in [0.1, 0.15) is 11.5 Å². The van der Waals surface area contributed by atoms with Gasteiger partial charge in [0, 0.05) is 11.8 Å². The molecular formula is C13H12ClN3O4S. The number of rotatable bonds is 5. The quantitative estimate of drug-likeness (QED) is 0.507. The normalized spacial score (nSPS) is 10.5. The molecule has 0 saturated carbocycles. The van der Waals surface area contributed by atoms with E-state index in [9.17, 15) is 14.9 Å². The molecule has 2 aromatic rings. The molecule has 1 N–H and O–H groups in total. The Morgan fingerprint density at radius 2 is 2.23 bits per heavy atom. The number of aromatic nitrogens is 1. The Hall–Kier alpha value is -2.06. The zero-order valence-corrected chi connectivity index (χ0v) is 13.3. The maximum absolute atomic E-state index is 11.8. The van der Waals surface area contributed by atoms with Crippen LogP contribution in [0.3, 0.4) is 0 Å². The minimum absolute atomic E-state index is 0.0168. The number of oxazole rings is 1. The first kappa shape index (κ1) is 16.3. The van der Waals surface area contributed by atoms with Crippen molar-refractivity contribution in [2.24, 2.45) is 0 Å². The number of nitrogens with one attached hydrogen (secondary N) is 1. The van der Waals surface area contributed by atoms with E-state index >= 15 is 0 Å². The standard InChI is InChI=1S/C13H12ClN3O4S/c1-7-8(2)21-13(15-7)22-6-12(18)16-9-3-4-10(14)11(5-9)17(19)20/h3-5H,6H2,1-2H3,(H,16,18). The highest BCUT2D eigenvalue weighted by Gasteiger charge is 2.14. The molecule has 22 heavy (non-hydrogen) atoms. The van der Waals surface area contributed by atoms with E-state index in [2.05, 4.69) is 10.3 Å². The molecule has 1 aromatic carbocycles. The summed E-state index contributed by atoms with van der Waals surface area (Å²) in [5, 5.41) is 13.8. The molecule has 1 heterocycles. The van der Waals surface area contributed by atoms with E-state index < -0.39 is 4.92 Å². The van der Waals surface area contributed by atoms with Crippen molar-refractivity contribution in [3.63, 3.8) is 0 Å². The summed E-state index contributed by atoms with van der Waals surface area (Å²) in [7, 11) is 0. The molecule has 1 amide bonds. The van der Waals surface area contributed by atoms with Crippen LogP contribution in [0.2, 0.25) is 5.02 Å². The van der Waals surface area contributed by atoms with Gasteiger partial charge < -0.3 is 9.73 Å². The van der Waals surface area contributed by atoms with Crippen LogP contribution >= 0.6 is 23.4 Å². The number of carbonyl (C=O) groups excluding carboxylic acids is 1. The van der Waals surface area contributed by atoms with Crippen LogP contribution in [0.15, 0.2) is 27.8 Å². The van der Waals surface area contributed by atoms with Gasteiger partial charge >= 0.3 is 0 Å². The Kier molecular flexibility index (Phi) is 5.04. The number of amides is 1. The number of halogens is 1. The molecule has 9 heteroatoms. The molecule has 0 radical (unpaired) electrons. The number of benzene rings is 1. The van der Waals surface area contributed by atoms with Gasteiger partial charge in [0.2, 0.25) is 5.91 Å². The number of hydrogen-bond acceptors (Lipinski definition) is 6. The predicted molar refractivity (Wildman–Crippen MR) is 83.4 cm³/mol. The zero-order valence-electron chi connectivity index (χ0n) is 11.8. The number of nitrogens with zero attached hydrogens (tertiary/aromatic N) is 2. The topological polar surface area (TPSA) is 98.3 Å². The molecule has 0 bridgehead atoms. The SMILES string of the molecule is Cc1nc(SCC(=O)Nc2ccc(Cl)c([N+](=O)[O-])c2)oc1C. The fourth-order valence-corrected chi connectivity index (χ4v) is 2.46. The summed E-state index contributed by atoms with van der Waals surface area (Å²) in [4.78, 5) is 26.2. The number of thioether (sulfide) groups is 1. The van der Waals surface area contributed by atoms with Crippen molar-refractivity contribution in [1.29, 1.82) is 0 Å². The van der Waals surface area contributed by atoms with Gasteiger partial charge in [0.25, 0.3) is 10.9 Å². The van der Waals surface area contributed by atoms with Crippen LogP contribution in [0.5, 0.6) is 0 Å². The Morgan fingerprint density at radius 3 is 2.82 bits per heavy atom. The molecule has 0 fully saturated rings. The lowest BCUT2D eigenvalue weighted by atomic mass is 10.3. The lowest BCUT2D eigenvalue weighted by Crippen LogP contribution is -2.14. The molecule has 0 spiro atoms. The number of aryl methyl sites for hydroxylation is 2. The van der Waals surface area contributed by atoms with E-state index in [0.29, 0.717) is 16.7 Å². The van der Waals surface area contributed by atoms with Gasteiger partial charge in [0.05, 0.1) is 16.4 Å². The summed E-state index contributed by atoms with van der Waals surface area (Å²) in [6, 6.07) is 4.07. The van der Waals surface area contributed by atoms with Crippen LogP contribution < -0.4 is 5.32 Å². The van der Waals surface area contributed by atoms with E-state index in [0.717, 1.165) is 17.5 Å². The van der Waals surface area contributed by atoms with Gasteiger partial charge in [-0.1, -0.05) is 23.4 Å². The highest BCUT2D eigenvalue weighted by molar-refractivity contribution is 7.99. The Labute approximate surface area is 135 Å². The second-order valence-electron chi connectivity index (χ2n) is 4.38. The van der Waals surface area contributed by atoms with Crippen LogP contribution in [0.25, 0.3) is 0 Å². The van der Waals surface area contributed by atoms with Crippen molar-refractivity contribution < 1.29 is 14.1 Å². The monoisotopic (exact) mass is 341 g/mol. The van der Waals surface area contributed by atoms with E-state index in [1.807, 2.05) is 6.92 Å². The molecule has 0 atom stereocenters. The molecule has 0 saturated heterocycles. The molecule has 116 valence electrons. The molecule has 0 aliphatic carbocycles. The van der Waals surface area contributed by atoms with Gasteiger partial charge in [-0.05, 0) is 26.0 Å². The van der Waals surface area contributed by atoms with Crippen LogP contribution in [0, 0.1) is 24.0 Å². The van der Waals surface area contributed by atoms with Crippen LogP contribution in [-0.2, 0) is 4.79 Å². The molecule has 7 nitrogen and oxygen atoms in total. The minimum atomic E-state index is -0.606. The van der Waals surface area contributed by atoms with Crippen molar-refractivity contribution in [2.75, 3.05) is 11.1 Å². The Morgan fingerprint density at radius 1 is 1.50 bits per heavy atom. The Balaban J connectivity index is 1.97. The molecule has 0 aliphatic rings. The first-order valence-corrected chi connectivity index (χ1v) is 7.54. The third-order valence-electron chi connectivity index (χ3n) is 2.76. The van der Waals surface area contributed by atoms with Crippen LogP contribution in [0.4, 0.5) is 11.4 Å². The number of hydrogen-bond donors (Lipinski definition) is 1. The van der Waals surface area contributed by atoms with Gasteiger partial charge in [0.1, 0.15) is 10.8 Å². The smallest absolute Gasteiger partial charge is 0.289 e. The minimum Gasteiger partial charge on any atom is -0.437 e. The predicted octanol–water partition coefficient (Wildman–Crippen LogP) is 3.58. The number of nitro groups is 1. The number of nitro benzene ring substituents is 1. The summed E-state index contributed by atoms with van der Waals surface area (Å²) in [5.74, 6) is 0.460. The average Bonchev–Trinajstić information content (AvgIpc) is 2.77. The average molecular weight is 342 g/mol. The largest absolute Gasteiger partial charge is 0.437 e. The molecular weight excluding hydrogens is 330 g/mol. The van der Waals surface area contributed by atoms with E-state index in [1.165, 1.54) is 18.2 Å². The van der Waals surface area contributed by atoms with E-state index in [-0.39, 0.29) is 22.4 Å². The fraction of sp³-hybridized carbons (Fsp3) is 0.231. The molecule has 2 rings (SSSR count). The van der Waals surface area contributed by atoms with E-state index in [1.54, 1.807) is 6.92 Å². The lowest BCUT2D eigenvalue weighted by molar-refractivity contribution is -0.384. The van der Waals surface area contributed by atoms with Gasteiger partial charge in [-0.15, -0.1) is 0 Å². The summed E-state index contributed by atoms with van der Waals surface area (Å²) in [5.41, 5.74) is 0.823. The fourth-order valence-electron chi connectivity index (χ4n) is 1.56. The number of anilines is 1. The summed E-state index contributed by atoms with van der Waals surface area (Å²) < 4.78 is 5.35. The third kappa shape index (κ3) is 3.99. The summed E-state index contributed by atoms with van der Waals surface area (Å²) in [6.45, 7) is 3.61. The summed E-state index contributed by atoms with van der Waals surface area (Å²) in [6.07, 6.45) is 0. The van der Waals surface area contributed by atoms with E-state index in [4.69, 9.17) is 16.0 Å². The highest BCUT2D eigenvalue weighted by atomic mass is 35.5. The third-order valence-corrected chi connectivity index (χ3v) is 3.91. The Bertz CT molecular complexity index is 713. The molecule has 0 aliphatic heterocycles. The van der Waals surface area contributed by atoms with Gasteiger partial charge in [-0.2, -0.15) is 0 Å². The second kappa shape index (κ2) is 6.80. The maximum atomic E-state index is 11.8. The summed E-state index contributed by atoms with van der Waals surface area (Å²) >= 11 is 6.85. The van der Waals surface area contributed by atoms with Crippen molar-refractivity contribution in [3.05, 3.63) is 44.8 Å². The second-order valence-corrected chi connectivity index (χ2v) is 5.72.